The number of pyridine rings is 1. The third-order valence-corrected chi connectivity index (χ3v) is 6.57. The van der Waals surface area contributed by atoms with Crippen LogP contribution in [0.25, 0.3) is 5.65 Å². The normalized spacial score (nSPS) is 19.7. The summed E-state index contributed by atoms with van der Waals surface area (Å²) >= 11 is 0. The van der Waals surface area contributed by atoms with Gasteiger partial charge in [0.25, 0.3) is 0 Å². The summed E-state index contributed by atoms with van der Waals surface area (Å²) in [6.07, 6.45) is 7.51. The summed E-state index contributed by atoms with van der Waals surface area (Å²) in [6, 6.07) is 6.51. The predicted molar refractivity (Wildman–Crippen MR) is 121 cm³/mol. The number of hydrogen-bond acceptors (Lipinski definition) is 7. The molecule has 31 heavy (non-hydrogen) atoms. The Hall–Kier alpha value is -2.71. The van der Waals surface area contributed by atoms with Crippen LogP contribution in [-0.2, 0) is 13.0 Å². The fraction of sp³-hybridized carbons (Fsp3) is 0.522. The van der Waals surface area contributed by atoms with Crippen molar-refractivity contribution >= 4 is 11.6 Å². The fourth-order valence-corrected chi connectivity index (χ4v) is 4.79. The first-order valence-electron chi connectivity index (χ1n) is 11.1. The van der Waals surface area contributed by atoms with Crippen molar-refractivity contribution < 1.29 is 4.74 Å². The summed E-state index contributed by atoms with van der Waals surface area (Å²) < 4.78 is 7.59. The highest BCUT2D eigenvalue weighted by molar-refractivity contribution is 5.52. The minimum Gasteiger partial charge on any atom is -0.481 e. The molecule has 0 aromatic carbocycles. The van der Waals surface area contributed by atoms with Gasteiger partial charge < -0.3 is 14.5 Å². The van der Waals surface area contributed by atoms with Crippen molar-refractivity contribution in [1.29, 1.82) is 0 Å². The second kappa shape index (κ2) is 8.43. The highest BCUT2D eigenvalue weighted by Crippen LogP contribution is 2.33. The number of likely N-dealkylation sites (N-methyl/N-ethyl adjacent to an activating group) is 1. The van der Waals surface area contributed by atoms with Crippen LogP contribution >= 0.6 is 0 Å². The molecular weight excluding hydrogens is 390 g/mol. The van der Waals surface area contributed by atoms with E-state index in [1.807, 2.05) is 18.3 Å². The molecule has 0 saturated carbocycles. The highest BCUT2D eigenvalue weighted by Gasteiger charge is 2.26. The van der Waals surface area contributed by atoms with Crippen LogP contribution in [0.1, 0.15) is 35.8 Å². The Kier molecular flexibility index (Phi) is 5.50. The minimum absolute atomic E-state index is 0.333. The van der Waals surface area contributed by atoms with Crippen LogP contribution in [0.4, 0.5) is 5.95 Å². The number of imidazole rings is 1. The monoisotopic (exact) mass is 421 g/mol. The van der Waals surface area contributed by atoms with Crippen LogP contribution in [0.2, 0.25) is 0 Å². The maximum Gasteiger partial charge on any atom is 0.219 e. The number of ether oxygens (including phenoxy) is 1. The molecule has 0 unspecified atom stereocenters. The smallest absolute Gasteiger partial charge is 0.219 e. The molecule has 0 radical (unpaired) electrons. The summed E-state index contributed by atoms with van der Waals surface area (Å²) in [6.45, 7) is 4.72. The molecule has 1 aliphatic carbocycles. The third-order valence-electron chi connectivity index (χ3n) is 6.57. The van der Waals surface area contributed by atoms with Gasteiger partial charge in [-0.2, -0.15) is 4.98 Å². The number of aryl methyl sites for hydroxylation is 1. The zero-order valence-corrected chi connectivity index (χ0v) is 18.7. The summed E-state index contributed by atoms with van der Waals surface area (Å²) in [4.78, 5) is 21.4. The molecule has 1 atom stereocenters. The molecule has 0 amide bonds. The van der Waals surface area contributed by atoms with Crippen LogP contribution in [-0.4, -0.2) is 76.5 Å². The lowest BCUT2D eigenvalue weighted by atomic mass is 9.91. The van der Waals surface area contributed by atoms with Gasteiger partial charge in [0, 0.05) is 51.2 Å². The quantitative estimate of drug-likeness (QED) is 0.627. The number of anilines is 1. The summed E-state index contributed by atoms with van der Waals surface area (Å²) in [5.41, 5.74) is 4.52. The third kappa shape index (κ3) is 3.97. The maximum atomic E-state index is 5.48. The molecule has 1 saturated heterocycles. The largest absolute Gasteiger partial charge is 0.481 e. The van der Waals surface area contributed by atoms with Crippen LogP contribution in [0, 0.1) is 0 Å². The van der Waals surface area contributed by atoms with E-state index >= 15 is 0 Å². The predicted octanol–water partition coefficient (Wildman–Crippen LogP) is 2.39. The number of rotatable bonds is 5. The topological polar surface area (TPSA) is 62.0 Å². The van der Waals surface area contributed by atoms with Crippen molar-refractivity contribution in [2.45, 2.75) is 31.8 Å². The number of fused-ring (bicyclic) bond motifs is 2. The van der Waals surface area contributed by atoms with Crippen molar-refractivity contribution in [3.05, 3.63) is 47.5 Å². The van der Waals surface area contributed by atoms with E-state index in [2.05, 4.69) is 45.5 Å². The van der Waals surface area contributed by atoms with Crippen LogP contribution < -0.4 is 9.64 Å². The van der Waals surface area contributed by atoms with Crippen molar-refractivity contribution in [3.63, 3.8) is 0 Å². The van der Waals surface area contributed by atoms with Crippen molar-refractivity contribution in [1.82, 2.24) is 29.2 Å². The Balaban J connectivity index is 1.43. The average Bonchev–Trinajstić information content (AvgIpc) is 3.20. The summed E-state index contributed by atoms with van der Waals surface area (Å²) in [7, 11) is 6.01. The SMILES string of the molecule is COc1cc2nc(CN(C)[C@H]3CCCc4cccnc43)cn2c(N2CCN(C)CC2)n1. The molecule has 3 aromatic rings. The molecule has 8 nitrogen and oxygen atoms in total. The van der Waals surface area contributed by atoms with E-state index in [1.165, 1.54) is 17.7 Å². The lowest BCUT2D eigenvalue weighted by molar-refractivity contribution is 0.206. The molecule has 164 valence electrons. The number of hydrogen-bond donors (Lipinski definition) is 0. The van der Waals surface area contributed by atoms with E-state index in [0.717, 1.165) is 62.9 Å². The second-order valence-electron chi connectivity index (χ2n) is 8.72. The molecule has 8 heteroatoms. The fourth-order valence-electron chi connectivity index (χ4n) is 4.79. The Bertz CT molecular complexity index is 1060. The molecule has 0 spiro atoms. The Morgan fingerprint density at radius 1 is 1.19 bits per heavy atom. The first-order valence-corrected chi connectivity index (χ1v) is 11.1. The van der Waals surface area contributed by atoms with Crippen molar-refractivity contribution in [2.24, 2.45) is 0 Å². The van der Waals surface area contributed by atoms with E-state index in [0.29, 0.717) is 11.9 Å². The number of nitrogens with zero attached hydrogens (tertiary/aromatic N) is 7. The molecule has 4 heterocycles. The lowest BCUT2D eigenvalue weighted by Crippen LogP contribution is -2.45. The van der Waals surface area contributed by atoms with E-state index in [9.17, 15) is 0 Å². The number of aromatic nitrogens is 4. The van der Waals surface area contributed by atoms with Crippen LogP contribution in [0.3, 0.4) is 0 Å². The van der Waals surface area contributed by atoms with Gasteiger partial charge in [0.05, 0.1) is 24.5 Å². The molecule has 1 aliphatic heterocycles. The molecule has 0 N–H and O–H groups in total. The van der Waals surface area contributed by atoms with Gasteiger partial charge in [-0.3, -0.25) is 14.3 Å². The molecule has 2 aliphatic rings. The Labute approximate surface area is 183 Å². The molecular formula is C23H31N7O. The zero-order valence-electron chi connectivity index (χ0n) is 18.7. The summed E-state index contributed by atoms with van der Waals surface area (Å²) in [5, 5.41) is 0. The van der Waals surface area contributed by atoms with Gasteiger partial charge in [-0.15, -0.1) is 0 Å². The van der Waals surface area contributed by atoms with Gasteiger partial charge in [0.15, 0.2) is 0 Å². The lowest BCUT2D eigenvalue weighted by Gasteiger charge is -2.33. The van der Waals surface area contributed by atoms with E-state index in [-0.39, 0.29) is 0 Å². The van der Waals surface area contributed by atoms with E-state index in [1.54, 1.807) is 7.11 Å². The van der Waals surface area contributed by atoms with Crippen LogP contribution in [0.5, 0.6) is 5.88 Å². The number of piperazine rings is 1. The maximum absolute atomic E-state index is 5.48. The average molecular weight is 422 g/mol. The van der Waals surface area contributed by atoms with E-state index < -0.39 is 0 Å². The van der Waals surface area contributed by atoms with Gasteiger partial charge in [0.1, 0.15) is 5.65 Å². The first kappa shape index (κ1) is 20.2. The Morgan fingerprint density at radius 3 is 2.84 bits per heavy atom. The Morgan fingerprint density at radius 2 is 2.03 bits per heavy atom. The zero-order chi connectivity index (χ0) is 21.4. The van der Waals surface area contributed by atoms with Crippen molar-refractivity contribution in [3.8, 4) is 5.88 Å². The van der Waals surface area contributed by atoms with Gasteiger partial charge in [-0.1, -0.05) is 6.07 Å². The first-order chi connectivity index (χ1) is 15.1. The minimum atomic E-state index is 0.333. The molecule has 0 bridgehead atoms. The summed E-state index contributed by atoms with van der Waals surface area (Å²) in [5.74, 6) is 1.52. The van der Waals surface area contributed by atoms with Gasteiger partial charge in [0.2, 0.25) is 11.8 Å². The standard InChI is InChI=1S/C23H31N7O/c1-27-10-12-29(13-11-27)23-26-21(31-3)14-20-25-18(16-30(20)23)15-28(2)19-8-4-6-17-7-5-9-24-22(17)19/h5,7,9,14,16,19H,4,6,8,10-13,15H2,1-3H3/t19-/m0/s1. The van der Waals surface area contributed by atoms with Gasteiger partial charge in [-0.25, -0.2) is 4.98 Å². The van der Waals surface area contributed by atoms with E-state index in [4.69, 9.17) is 19.7 Å². The van der Waals surface area contributed by atoms with Gasteiger partial charge >= 0.3 is 0 Å². The van der Waals surface area contributed by atoms with Crippen LogP contribution in [0.15, 0.2) is 30.6 Å². The molecule has 3 aromatic heterocycles. The molecule has 5 rings (SSSR count). The highest BCUT2D eigenvalue weighted by atomic mass is 16.5. The molecule has 1 fully saturated rings. The second-order valence-corrected chi connectivity index (χ2v) is 8.72. The van der Waals surface area contributed by atoms with Gasteiger partial charge in [-0.05, 0) is 45.0 Å². The van der Waals surface area contributed by atoms with Crippen molar-refractivity contribution in [2.75, 3.05) is 52.3 Å². The number of methoxy groups -OCH3 is 1.